The van der Waals surface area contributed by atoms with E-state index in [1.54, 1.807) is 0 Å². The van der Waals surface area contributed by atoms with Gasteiger partial charge in [0.1, 0.15) is 0 Å². The zero-order valence-corrected chi connectivity index (χ0v) is 10.6. The Balaban J connectivity index is 1.82. The van der Waals surface area contributed by atoms with Crippen LogP contribution < -0.4 is 5.73 Å². The number of benzene rings is 1. The fourth-order valence-electron chi connectivity index (χ4n) is 2.46. The minimum Gasteiger partial charge on any atom is -0.399 e. The molecule has 2 rings (SSSR count). The average Bonchev–Trinajstić information content (AvgIpc) is 2.30. The second kappa shape index (κ2) is 6.03. The average molecular weight is 234 g/mol. The normalized spacial score (nSPS) is 20.7. The first-order valence-corrected chi connectivity index (χ1v) is 6.35. The van der Waals surface area contributed by atoms with Crippen LogP contribution in [0.3, 0.4) is 0 Å². The molecule has 1 unspecified atom stereocenters. The van der Waals surface area contributed by atoms with Crippen LogP contribution in [-0.2, 0) is 11.3 Å². The van der Waals surface area contributed by atoms with E-state index in [9.17, 15) is 0 Å². The summed E-state index contributed by atoms with van der Waals surface area (Å²) < 4.78 is 5.51. The Labute approximate surface area is 104 Å². The van der Waals surface area contributed by atoms with Crippen LogP contribution in [0.4, 0.5) is 5.69 Å². The van der Waals surface area contributed by atoms with E-state index >= 15 is 0 Å². The molecule has 1 heterocycles. The van der Waals surface area contributed by atoms with Crippen LogP contribution in [0.1, 0.15) is 18.4 Å². The lowest BCUT2D eigenvalue weighted by Crippen LogP contribution is -2.30. The van der Waals surface area contributed by atoms with Gasteiger partial charge in [0, 0.05) is 25.4 Å². The fourth-order valence-corrected chi connectivity index (χ4v) is 2.46. The third-order valence-electron chi connectivity index (χ3n) is 3.23. The smallest absolute Gasteiger partial charge is 0.0506 e. The van der Waals surface area contributed by atoms with Crippen LogP contribution in [0.2, 0.25) is 0 Å². The molecule has 0 amide bonds. The molecule has 3 nitrogen and oxygen atoms in total. The highest BCUT2D eigenvalue weighted by molar-refractivity contribution is 5.40. The third kappa shape index (κ3) is 4.02. The summed E-state index contributed by atoms with van der Waals surface area (Å²) in [5.41, 5.74) is 7.91. The first kappa shape index (κ1) is 12.4. The zero-order valence-electron chi connectivity index (χ0n) is 10.6. The van der Waals surface area contributed by atoms with Gasteiger partial charge in [0.2, 0.25) is 0 Å². The van der Waals surface area contributed by atoms with Crippen molar-refractivity contribution in [1.82, 2.24) is 4.90 Å². The zero-order chi connectivity index (χ0) is 12.1. The number of anilines is 1. The first-order chi connectivity index (χ1) is 8.24. The Morgan fingerprint density at radius 1 is 1.47 bits per heavy atom. The van der Waals surface area contributed by atoms with Gasteiger partial charge in [-0.2, -0.15) is 0 Å². The van der Waals surface area contributed by atoms with Crippen LogP contribution in [0.25, 0.3) is 0 Å². The highest BCUT2D eigenvalue weighted by Crippen LogP contribution is 2.16. The Morgan fingerprint density at radius 3 is 3.06 bits per heavy atom. The number of rotatable bonds is 4. The summed E-state index contributed by atoms with van der Waals surface area (Å²) in [7, 11) is 2.16. The van der Waals surface area contributed by atoms with Crippen LogP contribution in [-0.4, -0.2) is 31.7 Å². The van der Waals surface area contributed by atoms with Crippen LogP contribution in [0, 0.1) is 5.92 Å². The Bertz CT molecular complexity index is 348. The lowest BCUT2D eigenvalue weighted by Gasteiger charge is -2.27. The van der Waals surface area contributed by atoms with Crippen molar-refractivity contribution in [3.8, 4) is 0 Å². The summed E-state index contributed by atoms with van der Waals surface area (Å²) in [6.07, 6.45) is 2.50. The molecule has 1 fully saturated rings. The van der Waals surface area contributed by atoms with E-state index in [1.807, 2.05) is 18.2 Å². The van der Waals surface area contributed by atoms with Gasteiger partial charge in [-0.05, 0) is 43.5 Å². The van der Waals surface area contributed by atoms with Crippen LogP contribution in [0.15, 0.2) is 24.3 Å². The van der Waals surface area contributed by atoms with E-state index in [-0.39, 0.29) is 0 Å². The van der Waals surface area contributed by atoms with E-state index in [4.69, 9.17) is 10.5 Å². The molecule has 17 heavy (non-hydrogen) atoms. The molecule has 3 heteroatoms. The molecule has 0 spiro atoms. The Morgan fingerprint density at radius 2 is 2.35 bits per heavy atom. The molecule has 2 N–H and O–H groups in total. The van der Waals surface area contributed by atoms with Crippen molar-refractivity contribution in [3.05, 3.63) is 29.8 Å². The van der Waals surface area contributed by atoms with Gasteiger partial charge < -0.3 is 15.4 Å². The maximum absolute atomic E-state index is 5.78. The number of hydrogen-bond donors (Lipinski definition) is 1. The van der Waals surface area contributed by atoms with Gasteiger partial charge in [-0.3, -0.25) is 0 Å². The van der Waals surface area contributed by atoms with Gasteiger partial charge in [-0.15, -0.1) is 0 Å². The van der Waals surface area contributed by atoms with Crippen molar-refractivity contribution < 1.29 is 4.74 Å². The van der Waals surface area contributed by atoms with Crippen LogP contribution in [0.5, 0.6) is 0 Å². The Kier molecular flexibility index (Phi) is 4.40. The second-order valence-electron chi connectivity index (χ2n) is 5.02. The molecule has 0 radical (unpaired) electrons. The predicted octanol–water partition coefficient (Wildman–Crippen LogP) is 2.13. The molecule has 1 aliphatic rings. The predicted molar refractivity (Wildman–Crippen MR) is 70.7 cm³/mol. The summed E-state index contributed by atoms with van der Waals surface area (Å²) in [6.45, 7) is 3.92. The largest absolute Gasteiger partial charge is 0.399 e. The van der Waals surface area contributed by atoms with E-state index in [0.717, 1.165) is 32.0 Å². The minimum atomic E-state index is 0.690. The van der Waals surface area contributed by atoms with Crippen molar-refractivity contribution in [2.45, 2.75) is 19.4 Å². The molecule has 94 valence electrons. The van der Waals surface area contributed by atoms with Gasteiger partial charge in [0.15, 0.2) is 0 Å². The molecule has 1 aromatic rings. The SMILES string of the molecule is CN(Cc1cccc(N)c1)CC1CCCOC1. The van der Waals surface area contributed by atoms with Crippen molar-refractivity contribution >= 4 is 5.69 Å². The fraction of sp³-hybridized carbons (Fsp3) is 0.571. The summed E-state index contributed by atoms with van der Waals surface area (Å²) in [6, 6.07) is 8.12. The van der Waals surface area contributed by atoms with Crippen molar-refractivity contribution in [2.75, 3.05) is 32.5 Å². The van der Waals surface area contributed by atoms with Crippen molar-refractivity contribution in [2.24, 2.45) is 5.92 Å². The van der Waals surface area contributed by atoms with Gasteiger partial charge in [-0.1, -0.05) is 12.1 Å². The van der Waals surface area contributed by atoms with Crippen molar-refractivity contribution in [3.63, 3.8) is 0 Å². The van der Waals surface area contributed by atoms with Gasteiger partial charge in [0.05, 0.1) is 6.61 Å². The van der Waals surface area contributed by atoms with E-state index < -0.39 is 0 Å². The lowest BCUT2D eigenvalue weighted by molar-refractivity contribution is 0.0411. The van der Waals surface area contributed by atoms with Gasteiger partial charge >= 0.3 is 0 Å². The standard InChI is InChI=1S/C14H22N2O/c1-16(10-13-5-3-7-17-11-13)9-12-4-2-6-14(15)8-12/h2,4,6,8,13H,3,5,7,9-11,15H2,1H3. The molecule has 1 aliphatic heterocycles. The molecular formula is C14H22N2O. The van der Waals surface area contributed by atoms with Gasteiger partial charge in [-0.25, -0.2) is 0 Å². The Hall–Kier alpha value is -1.06. The molecule has 0 aromatic heterocycles. The maximum atomic E-state index is 5.78. The number of nitrogens with two attached hydrogens (primary N) is 1. The number of nitrogens with zero attached hydrogens (tertiary/aromatic N) is 1. The maximum Gasteiger partial charge on any atom is 0.0506 e. The number of ether oxygens (including phenoxy) is 1. The van der Waals surface area contributed by atoms with E-state index in [2.05, 4.69) is 18.0 Å². The van der Waals surface area contributed by atoms with Crippen molar-refractivity contribution in [1.29, 1.82) is 0 Å². The topological polar surface area (TPSA) is 38.5 Å². The van der Waals surface area contributed by atoms with E-state index in [0.29, 0.717) is 5.92 Å². The number of nitrogen functional groups attached to an aromatic ring is 1. The summed E-state index contributed by atoms with van der Waals surface area (Å²) in [4.78, 5) is 2.36. The third-order valence-corrected chi connectivity index (χ3v) is 3.23. The second-order valence-corrected chi connectivity index (χ2v) is 5.02. The molecule has 1 atom stereocenters. The minimum absolute atomic E-state index is 0.690. The first-order valence-electron chi connectivity index (χ1n) is 6.35. The molecule has 0 bridgehead atoms. The summed E-state index contributed by atoms with van der Waals surface area (Å²) in [5, 5.41) is 0. The number of hydrogen-bond acceptors (Lipinski definition) is 3. The molecular weight excluding hydrogens is 212 g/mol. The monoisotopic (exact) mass is 234 g/mol. The van der Waals surface area contributed by atoms with Crippen LogP contribution >= 0.6 is 0 Å². The summed E-state index contributed by atoms with van der Waals surface area (Å²) >= 11 is 0. The quantitative estimate of drug-likeness (QED) is 0.811. The van der Waals surface area contributed by atoms with Gasteiger partial charge in [0.25, 0.3) is 0 Å². The highest BCUT2D eigenvalue weighted by Gasteiger charge is 2.15. The molecule has 1 saturated heterocycles. The summed E-state index contributed by atoms with van der Waals surface area (Å²) in [5.74, 6) is 0.690. The molecule has 1 aromatic carbocycles. The molecule has 0 aliphatic carbocycles. The highest BCUT2D eigenvalue weighted by atomic mass is 16.5. The molecule has 0 saturated carbocycles. The van der Waals surface area contributed by atoms with E-state index in [1.165, 1.54) is 18.4 Å². The lowest BCUT2D eigenvalue weighted by atomic mass is 10.0.